The first-order valence-corrected chi connectivity index (χ1v) is 6.01. The first kappa shape index (κ1) is 13.8. The average Bonchev–Trinajstić information content (AvgIpc) is 2.92. The summed E-state index contributed by atoms with van der Waals surface area (Å²) in [5.74, 6) is -1.23. The van der Waals surface area contributed by atoms with E-state index in [2.05, 4.69) is 15.0 Å². The zero-order valence-corrected chi connectivity index (χ0v) is 10.9. The molecule has 0 radical (unpaired) electrons. The minimum Gasteiger partial charge on any atom is -0.481 e. The second-order valence-electron chi connectivity index (χ2n) is 4.61. The number of aromatic nitrogens is 1. The van der Waals surface area contributed by atoms with Crippen molar-refractivity contribution >= 4 is 17.7 Å². The van der Waals surface area contributed by atoms with Gasteiger partial charge >= 0.3 is 5.97 Å². The van der Waals surface area contributed by atoms with Crippen molar-refractivity contribution in [1.82, 2.24) is 5.16 Å². The Morgan fingerprint density at radius 2 is 2.00 bits per heavy atom. The van der Waals surface area contributed by atoms with Crippen molar-refractivity contribution in [2.24, 2.45) is 0 Å². The van der Waals surface area contributed by atoms with E-state index >= 15 is 0 Å². The number of carboxylic acids is 1. The maximum Gasteiger partial charge on any atom is 0.314 e. The molecule has 6 nitrogen and oxygen atoms in total. The van der Waals surface area contributed by atoms with E-state index in [9.17, 15) is 14.7 Å². The van der Waals surface area contributed by atoms with Gasteiger partial charge in [-0.2, -0.15) is 0 Å². The number of carbonyl (C=O) groups is 2. The Hall–Kier alpha value is -2.63. The van der Waals surface area contributed by atoms with Crippen LogP contribution in [0.2, 0.25) is 0 Å². The topological polar surface area (TPSA) is 92.4 Å². The molecule has 2 rings (SSSR count). The number of benzene rings is 1. The molecule has 0 saturated heterocycles. The summed E-state index contributed by atoms with van der Waals surface area (Å²) < 4.78 is 4.60. The zero-order valence-electron chi connectivity index (χ0n) is 10.9. The molecule has 0 spiro atoms. The van der Waals surface area contributed by atoms with Gasteiger partial charge in [0.15, 0.2) is 5.82 Å². The van der Waals surface area contributed by atoms with E-state index < -0.39 is 17.3 Å². The molecule has 1 atom stereocenters. The monoisotopic (exact) mass is 274 g/mol. The smallest absolute Gasteiger partial charge is 0.314 e. The van der Waals surface area contributed by atoms with Crippen LogP contribution in [0, 0.1) is 0 Å². The van der Waals surface area contributed by atoms with Crippen LogP contribution in [-0.2, 0) is 15.0 Å². The Balaban J connectivity index is 2.18. The zero-order chi connectivity index (χ0) is 14.6. The summed E-state index contributed by atoms with van der Waals surface area (Å²) in [5, 5.41) is 15.5. The van der Waals surface area contributed by atoms with Gasteiger partial charge in [0.05, 0.1) is 5.41 Å². The van der Waals surface area contributed by atoms with Crippen molar-refractivity contribution < 1.29 is 19.2 Å². The summed E-state index contributed by atoms with van der Waals surface area (Å²) in [5.41, 5.74) is -0.725. The molecule has 2 N–H and O–H groups in total. The third kappa shape index (κ3) is 2.85. The lowest BCUT2D eigenvalue weighted by molar-refractivity contribution is -0.145. The van der Waals surface area contributed by atoms with Crippen LogP contribution in [-0.4, -0.2) is 22.1 Å². The lowest BCUT2D eigenvalue weighted by atomic mass is 9.79. The van der Waals surface area contributed by atoms with Gasteiger partial charge < -0.3 is 14.9 Å². The SMILES string of the molecule is CC(CC(=O)Nc1ccon1)(C(=O)O)c1ccccc1. The number of carbonyl (C=O) groups excluding carboxylic acids is 1. The van der Waals surface area contributed by atoms with Gasteiger partial charge in [-0.05, 0) is 12.5 Å². The number of aliphatic carboxylic acids is 1. The quantitative estimate of drug-likeness (QED) is 0.870. The molecule has 20 heavy (non-hydrogen) atoms. The van der Waals surface area contributed by atoms with Gasteiger partial charge in [0.1, 0.15) is 6.26 Å². The Morgan fingerprint density at radius 1 is 1.30 bits per heavy atom. The molecule has 6 heteroatoms. The number of nitrogens with zero attached hydrogens (tertiary/aromatic N) is 1. The van der Waals surface area contributed by atoms with Crippen LogP contribution < -0.4 is 5.32 Å². The molecule has 0 aliphatic rings. The standard InChI is InChI=1S/C14H14N2O4/c1-14(13(18)19,10-5-3-2-4-6-10)9-12(17)15-11-7-8-20-16-11/h2-8H,9H2,1H3,(H,18,19)(H,15,16,17). The van der Waals surface area contributed by atoms with Crippen LogP contribution in [0.15, 0.2) is 47.2 Å². The molecular formula is C14H14N2O4. The predicted molar refractivity (Wildman–Crippen MR) is 71.2 cm³/mol. The lowest BCUT2D eigenvalue weighted by Crippen LogP contribution is -2.36. The molecule has 0 saturated carbocycles. The minimum absolute atomic E-state index is 0.195. The van der Waals surface area contributed by atoms with Gasteiger partial charge in [0.25, 0.3) is 0 Å². The number of hydrogen-bond donors (Lipinski definition) is 2. The number of amides is 1. The number of anilines is 1. The van der Waals surface area contributed by atoms with Crippen LogP contribution in [0.25, 0.3) is 0 Å². The van der Waals surface area contributed by atoms with E-state index in [0.29, 0.717) is 5.56 Å². The molecule has 1 aromatic heterocycles. The summed E-state index contributed by atoms with van der Waals surface area (Å²) in [6.45, 7) is 1.52. The van der Waals surface area contributed by atoms with Crippen LogP contribution in [0.3, 0.4) is 0 Å². The predicted octanol–water partition coefficient (Wildman–Crippen LogP) is 2.05. The highest BCUT2D eigenvalue weighted by Crippen LogP contribution is 2.28. The normalized spacial score (nSPS) is 13.4. The molecule has 1 aromatic carbocycles. The first-order valence-electron chi connectivity index (χ1n) is 6.01. The summed E-state index contributed by atoms with van der Waals surface area (Å²) in [4.78, 5) is 23.5. The van der Waals surface area contributed by atoms with Crippen molar-refractivity contribution in [2.45, 2.75) is 18.8 Å². The van der Waals surface area contributed by atoms with E-state index in [1.165, 1.54) is 19.3 Å². The third-order valence-corrected chi connectivity index (χ3v) is 3.10. The first-order chi connectivity index (χ1) is 9.52. The van der Waals surface area contributed by atoms with Crippen molar-refractivity contribution in [3.05, 3.63) is 48.2 Å². The summed E-state index contributed by atoms with van der Waals surface area (Å²) >= 11 is 0. The maximum absolute atomic E-state index is 11.9. The molecule has 0 aliphatic carbocycles. The maximum atomic E-state index is 11.9. The number of nitrogens with one attached hydrogen (secondary N) is 1. The molecule has 0 fully saturated rings. The molecule has 104 valence electrons. The number of rotatable bonds is 5. The Bertz CT molecular complexity index is 595. The van der Waals surface area contributed by atoms with Crippen molar-refractivity contribution in [3.63, 3.8) is 0 Å². The van der Waals surface area contributed by atoms with Crippen LogP contribution in [0.1, 0.15) is 18.9 Å². The fourth-order valence-electron chi connectivity index (χ4n) is 1.89. The van der Waals surface area contributed by atoms with E-state index in [-0.39, 0.29) is 12.2 Å². The second kappa shape index (κ2) is 5.56. The second-order valence-corrected chi connectivity index (χ2v) is 4.61. The van der Waals surface area contributed by atoms with Crippen molar-refractivity contribution in [3.8, 4) is 0 Å². The lowest BCUT2D eigenvalue weighted by Gasteiger charge is -2.24. The number of hydrogen-bond acceptors (Lipinski definition) is 4. The largest absolute Gasteiger partial charge is 0.481 e. The highest BCUT2D eigenvalue weighted by atomic mass is 16.5. The molecule has 0 aliphatic heterocycles. The summed E-state index contributed by atoms with van der Waals surface area (Å²) in [6, 6.07) is 10.1. The average molecular weight is 274 g/mol. The van der Waals surface area contributed by atoms with Crippen molar-refractivity contribution in [2.75, 3.05) is 5.32 Å². The van der Waals surface area contributed by atoms with E-state index in [1.54, 1.807) is 30.3 Å². The fourth-order valence-corrected chi connectivity index (χ4v) is 1.89. The fraction of sp³-hybridized carbons (Fsp3) is 0.214. The highest BCUT2D eigenvalue weighted by molar-refractivity contribution is 5.95. The Morgan fingerprint density at radius 3 is 2.55 bits per heavy atom. The van der Waals surface area contributed by atoms with E-state index in [0.717, 1.165) is 0 Å². The number of carboxylic acid groups (broad SMARTS) is 1. The van der Waals surface area contributed by atoms with Crippen LogP contribution in [0.4, 0.5) is 5.82 Å². The Kier molecular flexibility index (Phi) is 3.84. The third-order valence-electron chi connectivity index (χ3n) is 3.10. The minimum atomic E-state index is -1.30. The van der Waals surface area contributed by atoms with Gasteiger partial charge in [0.2, 0.25) is 5.91 Å². The molecule has 1 heterocycles. The van der Waals surface area contributed by atoms with E-state index in [1.807, 2.05) is 0 Å². The molecule has 1 unspecified atom stereocenters. The van der Waals surface area contributed by atoms with Gasteiger partial charge in [-0.1, -0.05) is 35.5 Å². The summed E-state index contributed by atoms with van der Waals surface area (Å²) in [6.07, 6.45) is 1.13. The molecular weight excluding hydrogens is 260 g/mol. The van der Waals surface area contributed by atoms with Crippen molar-refractivity contribution in [1.29, 1.82) is 0 Å². The Labute approximate surface area is 115 Å². The van der Waals surface area contributed by atoms with E-state index in [4.69, 9.17) is 0 Å². The molecule has 1 amide bonds. The van der Waals surface area contributed by atoms with Crippen LogP contribution in [0.5, 0.6) is 0 Å². The van der Waals surface area contributed by atoms with Crippen LogP contribution >= 0.6 is 0 Å². The van der Waals surface area contributed by atoms with Gasteiger partial charge in [0, 0.05) is 12.5 Å². The summed E-state index contributed by atoms with van der Waals surface area (Å²) in [7, 11) is 0. The van der Waals surface area contributed by atoms with Gasteiger partial charge in [-0.15, -0.1) is 0 Å². The molecule has 2 aromatic rings. The molecule has 0 bridgehead atoms. The van der Waals surface area contributed by atoms with Gasteiger partial charge in [-0.25, -0.2) is 0 Å². The highest BCUT2D eigenvalue weighted by Gasteiger charge is 2.37. The van der Waals surface area contributed by atoms with Gasteiger partial charge in [-0.3, -0.25) is 9.59 Å².